The molecule has 1 aromatic heterocycles. The van der Waals surface area contributed by atoms with Gasteiger partial charge in [0, 0.05) is 18.7 Å². The number of anilines is 1. The fraction of sp³-hybridized carbons (Fsp3) is 0.471. The Kier molecular flexibility index (Phi) is 5.00. The third-order valence-electron chi connectivity index (χ3n) is 3.99. The van der Waals surface area contributed by atoms with Gasteiger partial charge in [0.05, 0.1) is 5.75 Å². The summed E-state index contributed by atoms with van der Waals surface area (Å²) >= 11 is 1.40. The highest BCUT2D eigenvalue weighted by Crippen LogP contribution is 2.20. The average molecular weight is 330 g/mol. The highest BCUT2D eigenvalue weighted by atomic mass is 32.2. The van der Waals surface area contributed by atoms with E-state index < -0.39 is 0 Å². The van der Waals surface area contributed by atoms with Gasteiger partial charge < -0.3 is 5.32 Å². The second-order valence-corrected chi connectivity index (χ2v) is 6.94. The maximum atomic E-state index is 12.1. The molecule has 1 aromatic carbocycles. The van der Waals surface area contributed by atoms with E-state index >= 15 is 0 Å². The molecule has 23 heavy (non-hydrogen) atoms. The van der Waals surface area contributed by atoms with Crippen molar-refractivity contribution in [1.82, 2.24) is 14.8 Å². The molecule has 0 bridgehead atoms. The first-order valence-electron chi connectivity index (χ1n) is 8.05. The zero-order chi connectivity index (χ0) is 16.2. The predicted molar refractivity (Wildman–Crippen MR) is 92.8 cm³/mol. The molecule has 0 fully saturated rings. The number of carbonyl (C=O) groups excluding carboxylic acids is 1. The van der Waals surface area contributed by atoms with Gasteiger partial charge in [-0.3, -0.25) is 4.79 Å². The molecule has 2 heterocycles. The van der Waals surface area contributed by atoms with Gasteiger partial charge in [-0.15, -0.1) is 5.10 Å². The van der Waals surface area contributed by atoms with E-state index in [1.165, 1.54) is 30.2 Å². The molecule has 1 aliphatic rings. The summed E-state index contributed by atoms with van der Waals surface area (Å²) in [5, 5.41) is 8.17. The lowest BCUT2D eigenvalue weighted by Gasteiger charge is -2.08. The van der Waals surface area contributed by atoms with Crippen LogP contribution >= 0.6 is 11.8 Å². The topological polar surface area (TPSA) is 59.8 Å². The minimum absolute atomic E-state index is 0.0213. The fourth-order valence-electron chi connectivity index (χ4n) is 2.77. The molecular formula is C17H22N4OS. The van der Waals surface area contributed by atoms with Crippen molar-refractivity contribution in [3.8, 4) is 0 Å². The maximum Gasteiger partial charge on any atom is 0.234 e. The van der Waals surface area contributed by atoms with Crippen molar-refractivity contribution < 1.29 is 4.79 Å². The van der Waals surface area contributed by atoms with Crippen molar-refractivity contribution in [3.05, 3.63) is 35.2 Å². The van der Waals surface area contributed by atoms with Crippen molar-refractivity contribution in [2.45, 2.75) is 51.2 Å². The van der Waals surface area contributed by atoms with Crippen LogP contribution in [0.4, 0.5) is 5.69 Å². The van der Waals surface area contributed by atoms with Crippen LogP contribution in [0.1, 0.15) is 36.2 Å². The number of carbonyl (C=O) groups is 1. The zero-order valence-corrected chi connectivity index (χ0v) is 14.4. The average Bonchev–Trinajstić information content (AvgIpc) is 2.78. The summed E-state index contributed by atoms with van der Waals surface area (Å²) in [5.41, 5.74) is 3.14. The second kappa shape index (κ2) is 7.17. The van der Waals surface area contributed by atoms with Crippen LogP contribution in [0.5, 0.6) is 0 Å². The largest absolute Gasteiger partial charge is 0.325 e. The number of benzene rings is 1. The number of amides is 1. The lowest BCUT2D eigenvalue weighted by molar-refractivity contribution is -0.113. The molecule has 0 atom stereocenters. The predicted octanol–water partition coefficient (Wildman–Crippen LogP) is 3.35. The van der Waals surface area contributed by atoms with E-state index in [9.17, 15) is 4.79 Å². The summed E-state index contributed by atoms with van der Waals surface area (Å²) in [6.07, 6.45) is 4.57. The summed E-state index contributed by atoms with van der Waals surface area (Å²) < 4.78 is 2.00. The quantitative estimate of drug-likeness (QED) is 0.873. The van der Waals surface area contributed by atoms with Crippen LogP contribution < -0.4 is 5.32 Å². The maximum absolute atomic E-state index is 12.1. The number of hydrogen-bond acceptors (Lipinski definition) is 4. The van der Waals surface area contributed by atoms with Crippen LogP contribution in [-0.4, -0.2) is 26.4 Å². The number of nitrogens with one attached hydrogen (secondary N) is 1. The summed E-state index contributed by atoms with van der Waals surface area (Å²) in [4.78, 5) is 16.7. The van der Waals surface area contributed by atoms with E-state index in [-0.39, 0.29) is 5.91 Å². The van der Waals surface area contributed by atoms with Crippen LogP contribution in [0, 0.1) is 13.8 Å². The first-order valence-corrected chi connectivity index (χ1v) is 9.04. The third kappa shape index (κ3) is 4.13. The first-order chi connectivity index (χ1) is 11.1. The SMILES string of the molecule is Cc1ccc(NC(=O)CSc2nc3n(n2)CCCCC3)c(C)c1. The molecule has 5 nitrogen and oxygen atoms in total. The molecule has 1 amide bonds. The molecule has 0 radical (unpaired) electrons. The molecule has 1 N–H and O–H groups in total. The number of hydrogen-bond donors (Lipinski definition) is 1. The molecular weight excluding hydrogens is 308 g/mol. The van der Waals surface area contributed by atoms with Gasteiger partial charge in [0.2, 0.25) is 11.1 Å². The summed E-state index contributed by atoms with van der Waals surface area (Å²) in [6.45, 7) is 4.99. The number of fused-ring (bicyclic) bond motifs is 1. The Bertz CT molecular complexity index is 687. The van der Waals surface area contributed by atoms with Gasteiger partial charge in [-0.2, -0.15) is 0 Å². The Morgan fingerprint density at radius 3 is 3.00 bits per heavy atom. The summed E-state index contributed by atoms with van der Waals surface area (Å²) in [6, 6.07) is 6.02. The van der Waals surface area contributed by atoms with Gasteiger partial charge in [0.1, 0.15) is 5.82 Å². The van der Waals surface area contributed by atoms with Crippen molar-refractivity contribution >= 4 is 23.4 Å². The van der Waals surface area contributed by atoms with Gasteiger partial charge in [0.15, 0.2) is 0 Å². The van der Waals surface area contributed by atoms with Gasteiger partial charge in [-0.05, 0) is 38.3 Å². The number of aromatic nitrogens is 3. The monoisotopic (exact) mass is 330 g/mol. The Morgan fingerprint density at radius 1 is 1.30 bits per heavy atom. The van der Waals surface area contributed by atoms with E-state index in [0.717, 1.165) is 36.5 Å². The minimum atomic E-state index is -0.0213. The molecule has 1 aliphatic heterocycles. The van der Waals surface area contributed by atoms with Crippen LogP contribution in [0.3, 0.4) is 0 Å². The Balaban J connectivity index is 1.56. The molecule has 0 aliphatic carbocycles. The van der Waals surface area contributed by atoms with Crippen LogP contribution in [0.25, 0.3) is 0 Å². The molecule has 6 heteroatoms. The highest BCUT2D eigenvalue weighted by molar-refractivity contribution is 7.99. The van der Waals surface area contributed by atoms with E-state index in [2.05, 4.69) is 21.5 Å². The number of thioether (sulfide) groups is 1. The molecule has 0 spiro atoms. The molecule has 3 rings (SSSR count). The Hall–Kier alpha value is -1.82. The lowest BCUT2D eigenvalue weighted by atomic mass is 10.1. The van der Waals surface area contributed by atoms with Crippen molar-refractivity contribution in [1.29, 1.82) is 0 Å². The molecule has 122 valence electrons. The van der Waals surface area contributed by atoms with Crippen molar-refractivity contribution in [3.63, 3.8) is 0 Å². The van der Waals surface area contributed by atoms with Crippen LogP contribution in [0.2, 0.25) is 0 Å². The first kappa shape index (κ1) is 16.1. The smallest absolute Gasteiger partial charge is 0.234 e. The van der Waals surface area contributed by atoms with Gasteiger partial charge in [-0.25, -0.2) is 9.67 Å². The number of aryl methyl sites for hydroxylation is 4. The Labute approximate surface area is 140 Å². The van der Waals surface area contributed by atoms with E-state index in [1.54, 1.807) is 0 Å². The standard InChI is InChI=1S/C17H22N4OS/c1-12-7-8-14(13(2)10-12)18-16(22)11-23-17-19-15-6-4-3-5-9-21(15)20-17/h7-8,10H,3-6,9,11H2,1-2H3,(H,18,22). The van der Waals surface area contributed by atoms with Crippen LogP contribution in [-0.2, 0) is 17.8 Å². The molecule has 0 saturated heterocycles. The minimum Gasteiger partial charge on any atom is -0.325 e. The third-order valence-corrected chi connectivity index (χ3v) is 4.83. The van der Waals surface area contributed by atoms with Gasteiger partial charge in [-0.1, -0.05) is 35.9 Å². The normalized spacial score (nSPS) is 14.2. The fourth-order valence-corrected chi connectivity index (χ4v) is 3.43. The zero-order valence-electron chi connectivity index (χ0n) is 13.6. The number of rotatable bonds is 4. The second-order valence-electron chi connectivity index (χ2n) is 6.00. The van der Waals surface area contributed by atoms with Crippen molar-refractivity contribution in [2.75, 3.05) is 11.1 Å². The summed E-state index contributed by atoms with van der Waals surface area (Å²) in [7, 11) is 0. The van der Waals surface area contributed by atoms with Gasteiger partial charge >= 0.3 is 0 Å². The molecule has 2 aromatic rings. The molecule has 0 saturated carbocycles. The van der Waals surface area contributed by atoms with E-state index in [0.29, 0.717) is 10.9 Å². The summed E-state index contributed by atoms with van der Waals surface area (Å²) in [5.74, 6) is 1.36. The Morgan fingerprint density at radius 2 is 2.17 bits per heavy atom. The van der Waals surface area contributed by atoms with Crippen LogP contribution in [0.15, 0.2) is 23.4 Å². The number of nitrogens with zero attached hydrogens (tertiary/aromatic N) is 3. The van der Waals surface area contributed by atoms with E-state index in [4.69, 9.17) is 0 Å². The van der Waals surface area contributed by atoms with Gasteiger partial charge in [0.25, 0.3) is 0 Å². The van der Waals surface area contributed by atoms with Crippen molar-refractivity contribution in [2.24, 2.45) is 0 Å². The molecule has 0 unspecified atom stereocenters. The highest BCUT2D eigenvalue weighted by Gasteiger charge is 2.14. The van der Waals surface area contributed by atoms with E-state index in [1.807, 2.05) is 30.7 Å². The lowest BCUT2D eigenvalue weighted by Crippen LogP contribution is -2.15.